The molecule has 94 valence electrons. The van der Waals surface area contributed by atoms with Crippen LogP contribution in [0.2, 0.25) is 0 Å². The molecule has 1 aromatic carbocycles. The third-order valence-electron chi connectivity index (χ3n) is 3.31. The molecule has 0 saturated carbocycles. The van der Waals surface area contributed by atoms with Crippen molar-refractivity contribution in [2.75, 3.05) is 6.54 Å². The Labute approximate surface area is 113 Å². The maximum atomic E-state index is 12.4. The van der Waals surface area contributed by atoms with E-state index in [2.05, 4.69) is 33.2 Å². The van der Waals surface area contributed by atoms with Crippen LogP contribution in [0.5, 0.6) is 0 Å². The fraction of sp³-hybridized carbons (Fsp3) is 0.385. The Kier molecular flexibility index (Phi) is 2.95. The third kappa shape index (κ3) is 1.97. The smallest absolute Gasteiger partial charge is 0.261 e. The summed E-state index contributed by atoms with van der Waals surface area (Å²) in [5, 5.41) is 4.07. The Morgan fingerprint density at radius 1 is 1.50 bits per heavy atom. The second kappa shape index (κ2) is 4.48. The molecular weight excluding hydrogens is 294 g/mol. The fourth-order valence-corrected chi connectivity index (χ4v) is 2.74. The van der Waals surface area contributed by atoms with Crippen molar-refractivity contribution < 1.29 is 0 Å². The van der Waals surface area contributed by atoms with Gasteiger partial charge in [-0.3, -0.25) is 9.36 Å². The number of benzene rings is 1. The summed E-state index contributed by atoms with van der Waals surface area (Å²) in [6.07, 6.45) is 0.789. The van der Waals surface area contributed by atoms with Gasteiger partial charge in [-0.2, -0.15) is 0 Å². The van der Waals surface area contributed by atoms with Gasteiger partial charge in [-0.1, -0.05) is 15.9 Å². The molecule has 5 heteroatoms. The van der Waals surface area contributed by atoms with Crippen LogP contribution in [0.3, 0.4) is 0 Å². The first-order chi connectivity index (χ1) is 8.65. The van der Waals surface area contributed by atoms with Gasteiger partial charge in [0, 0.05) is 30.0 Å². The van der Waals surface area contributed by atoms with Crippen LogP contribution in [-0.4, -0.2) is 22.1 Å². The molecule has 1 aromatic heterocycles. The van der Waals surface area contributed by atoms with Gasteiger partial charge in [-0.05, 0) is 25.1 Å². The van der Waals surface area contributed by atoms with Gasteiger partial charge in [0.2, 0.25) is 0 Å². The Morgan fingerprint density at radius 3 is 3.17 bits per heavy atom. The van der Waals surface area contributed by atoms with Crippen LogP contribution in [0, 0.1) is 0 Å². The number of fused-ring (bicyclic) bond motifs is 2. The van der Waals surface area contributed by atoms with Gasteiger partial charge in [0.1, 0.15) is 5.82 Å². The predicted molar refractivity (Wildman–Crippen MR) is 74.9 cm³/mol. The molecule has 1 N–H and O–H groups in total. The molecule has 0 radical (unpaired) electrons. The van der Waals surface area contributed by atoms with E-state index in [-0.39, 0.29) is 5.56 Å². The lowest BCUT2D eigenvalue weighted by atomic mass is 10.2. The van der Waals surface area contributed by atoms with E-state index in [1.165, 1.54) is 0 Å². The van der Waals surface area contributed by atoms with Gasteiger partial charge in [0.15, 0.2) is 0 Å². The normalized spacial score (nSPS) is 19.6. The summed E-state index contributed by atoms with van der Waals surface area (Å²) in [6.45, 7) is 3.63. The van der Waals surface area contributed by atoms with Crippen molar-refractivity contribution in [2.45, 2.75) is 25.9 Å². The van der Waals surface area contributed by atoms with Crippen LogP contribution >= 0.6 is 15.9 Å². The molecule has 0 saturated heterocycles. The first kappa shape index (κ1) is 11.9. The quantitative estimate of drug-likeness (QED) is 0.806. The molecule has 0 aliphatic carbocycles. The molecule has 1 unspecified atom stereocenters. The molecule has 0 fully saturated rings. The number of nitrogens with one attached hydrogen (secondary N) is 1. The molecule has 18 heavy (non-hydrogen) atoms. The summed E-state index contributed by atoms with van der Waals surface area (Å²) < 4.78 is 2.75. The van der Waals surface area contributed by atoms with Crippen molar-refractivity contribution in [3.05, 3.63) is 38.9 Å². The third-order valence-corrected chi connectivity index (χ3v) is 3.81. The van der Waals surface area contributed by atoms with Crippen molar-refractivity contribution in [1.29, 1.82) is 0 Å². The molecule has 4 nitrogen and oxygen atoms in total. The molecule has 0 spiro atoms. The Morgan fingerprint density at radius 2 is 2.33 bits per heavy atom. The van der Waals surface area contributed by atoms with E-state index in [0.29, 0.717) is 18.0 Å². The largest absolute Gasteiger partial charge is 0.312 e. The molecule has 1 aliphatic rings. The van der Waals surface area contributed by atoms with E-state index in [1.807, 2.05) is 18.2 Å². The van der Waals surface area contributed by atoms with E-state index >= 15 is 0 Å². The minimum atomic E-state index is 0.0680. The number of halogens is 1. The summed E-state index contributed by atoms with van der Waals surface area (Å²) in [5.74, 6) is 0.878. The standard InChI is InChI=1S/C13H14BrN3O/c1-8-6-12-16-11-7-9(14)2-3-10(11)13(18)17(12)5-4-15-8/h2-3,7-8,15H,4-6H2,1H3. The fourth-order valence-electron chi connectivity index (χ4n) is 2.40. The average Bonchev–Trinajstić information content (AvgIpc) is 2.50. The number of hydrogen-bond acceptors (Lipinski definition) is 3. The van der Waals surface area contributed by atoms with Crippen molar-refractivity contribution >= 4 is 26.8 Å². The second-order valence-corrected chi connectivity index (χ2v) is 5.62. The van der Waals surface area contributed by atoms with Crippen LogP contribution in [0.25, 0.3) is 10.9 Å². The zero-order valence-corrected chi connectivity index (χ0v) is 11.7. The molecule has 0 amide bonds. The summed E-state index contributed by atoms with van der Waals surface area (Å²) in [6, 6.07) is 5.98. The van der Waals surface area contributed by atoms with Gasteiger partial charge in [0.05, 0.1) is 10.9 Å². The first-order valence-corrected chi connectivity index (χ1v) is 6.87. The lowest BCUT2D eigenvalue weighted by molar-refractivity contribution is 0.556. The predicted octanol–water partition coefficient (Wildman–Crippen LogP) is 1.69. The van der Waals surface area contributed by atoms with Crippen LogP contribution in [0.1, 0.15) is 12.7 Å². The Balaban J connectivity index is 2.29. The first-order valence-electron chi connectivity index (χ1n) is 6.07. The van der Waals surface area contributed by atoms with E-state index in [1.54, 1.807) is 4.57 Å². The zero-order chi connectivity index (χ0) is 12.7. The molecule has 3 rings (SSSR count). The summed E-state index contributed by atoms with van der Waals surface area (Å²) in [4.78, 5) is 17.1. The highest BCUT2D eigenvalue weighted by atomic mass is 79.9. The molecule has 1 atom stereocenters. The van der Waals surface area contributed by atoms with Crippen LogP contribution < -0.4 is 10.9 Å². The van der Waals surface area contributed by atoms with Gasteiger partial charge in [-0.25, -0.2) is 4.98 Å². The molecular formula is C13H14BrN3O. The highest BCUT2D eigenvalue weighted by molar-refractivity contribution is 9.10. The van der Waals surface area contributed by atoms with Gasteiger partial charge >= 0.3 is 0 Å². The number of nitrogens with zero attached hydrogens (tertiary/aromatic N) is 2. The van der Waals surface area contributed by atoms with Crippen molar-refractivity contribution in [1.82, 2.24) is 14.9 Å². The molecule has 2 aromatic rings. The van der Waals surface area contributed by atoms with Crippen LogP contribution in [0.4, 0.5) is 0 Å². The highest BCUT2D eigenvalue weighted by Crippen LogP contribution is 2.17. The SMILES string of the molecule is CC1Cc2nc3cc(Br)ccc3c(=O)n2CCN1. The summed E-state index contributed by atoms with van der Waals surface area (Å²) in [7, 11) is 0. The lowest BCUT2D eigenvalue weighted by Crippen LogP contribution is -2.27. The van der Waals surface area contributed by atoms with Crippen molar-refractivity contribution in [3.8, 4) is 0 Å². The average molecular weight is 308 g/mol. The van der Waals surface area contributed by atoms with Gasteiger partial charge < -0.3 is 5.32 Å². The minimum Gasteiger partial charge on any atom is -0.312 e. The van der Waals surface area contributed by atoms with Crippen LogP contribution in [-0.2, 0) is 13.0 Å². The van der Waals surface area contributed by atoms with E-state index in [4.69, 9.17) is 0 Å². The maximum absolute atomic E-state index is 12.4. The lowest BCUT2D eigenvalue weighted by Gasteiger charge is -2.10. The monoisotopic (exact) mass is 307 g/mol. The zero-order valence-electron chi connectivity index (χ0n) is 10.1. The topological polar surface area (TPSA) is 46.9 Å². The molecule has 2 heterocycles. The molecule has 0 bridgehead atoms. The van der Waals surface area contributed by atoms with Gasteiger partial charge in [0.25, 0.3) is 5.56 Å². The summed E-state index contributed by atoms with van der Waals surface area (Å²) >= 11 is 3.42. The minimum absolute atomic E-state index is 0.0680. The Bertz CT molecular complexity index is 665. The van der Waals surface area contributed by atoms with Crippen LogP contribution in [0.15, 0.2) is 27.5 Å². The second-order valence-electron chi connectivity index (χ2n) is 4.71. The number of hydrogen-bond donors (Lipinski definition) is 1. The van der Waals surface area contributed by atoms with Crippen molar-refractivity contribution in [3.63, 3.8) is 0 Å². The Hall–Kier alpha value is -1.20. The number of aromatic nitrogens is 2. The molecule has 1 aliphatic heterocycles. The van der Waals surface area contributed by atoms with Gasteiger partial charge in [-0.15, -0.1) is 0 Å². The van der Waals surface area contributed by atoms with E-state index < -0.39 is 0 Å². The maximum Gasteiger partial charge on any atom is 0.261 e. The van der Waals surface area contributed by atoms with E-state index in [9.17, 15) is 4.79 Å². The highest BCUT2D eigenvalue weighted by Gasteiger charge is 2.16. The summed E-state index contributed by atoms with van der Waals surface area (Å²) in [5.41, 5.74) is 0.841. The van der Waals surface area contributed by atoms with Crippen molar-refractivity contribution in [2.24, 2.45) is 0 Å². The number of rotatable bonds is 0. The van der Waals surface area contributed by atoms with E-state index in [0.717, 1.165) is 28.8 Å².